The summed E-state index contributed by atoms with van der Waals surface area (Å²) in [5.41, 5.74) is 4.77. The Kier molecular flexibility index (Phi) is 2.12. The van der Waals surface area contributed by atoms with Crippen LogP contribution in [0.2, 0.25) is 0 Å². The predicted octanol–water partition coefficient (Wildman–Crippen LogP) is 6.11. The summed E-state index contributed by atoms with van der Waals surface area (Å²) in [6.07, 6.45) is 0. The predicted molar refractivity (Wildman–Crippen MR) is 103 cm³/mol. The van der Waals surface area contributed by atoms with E-state index in [2.05, 4.69) is 82.8 Å². The van der Waals surface area contributed by atoms with E-state index in [1.165, 1.54) is 54.4 Å². The molecule has 0 saturated carbocycles. The molecule has 24 heavy (non-hydrogen) atoms. The Hall–Kier alpha value is -3.26. The summed E-state index contributed by atoms with van der Waals surface area (Å²) in [6.45, 7) is 0. The second kappa shape index (κ2) is 4.18. The molecular formula is C22H14N2. The maximum atomic E-state index is 3.60. The Morgan fingerprint density at radius 1 is 0.417 bits per heavy atom. The van der Waals surface area contributed by atoms with Crippen molar-refractivity contribution in [3.8, 4) is 0 Å². The van der Waals surface area contributed by atoms with Crippen molar-refractivity contribution in [3.63, 3.8) is 0 Å². The molecule has 0 bridgehead atoms. The number of para-hydroxylation sites is 1. The zero-order valence-electron chi connectivity index (χ0n) is 12.9. The fourth-order valence-corrected chi connectivity index (χ4v) is 3.94. The van der Waals surface area contributed by atoms with Gasteiger partial charge in [-0.05, 0) is 41.1 Å². The van der Waals surface area contributed by atoms with Gasteiger partial charge < -0.3 is 9.97 Å². The summed E-state index contributed by atoms with van der Waals surface area (Å²) in [6, 6.07) is 26.1. The number of hydrogen-bond donors (Lipinski definition) is 2. The van der Waals surface area contributed by atoms with Crippen molar-refractivity contribution in [2.24, 2.45) is 0 Å². The molecule has 2 N–H and O–H groups in total. The topological polar surface area (TPSA) is 31.6 Å². The molecule has 0 aliphatic rings. The normalized spacial score (nSPS) is 12.2. The Labute approximate surface area is 137 Å². The Balaban J connectivity index is 1.81. The third-order valence-electron chi connectivity index (χ3n) is 5.09. The molecule has 4 aromatic carbocycles. The van der Waals surface area contributed by atoms with Crippen LogP contribution in [0.25, 0.3) is 54.4 Å². The van der Waals surface area contributed by atoms with Crippen molar-refractivity contribution in [1.82, 2.24) is 9.97 Å². The quantitative estimate of drug-likeness (QED) is 0.339. The molecule has 0 saturated heterocycles. The standard InChI is InChI=1S/C22H14N2/c1-2-6-14-10-20-16(9-13(14)5-1)18-12-21-17(11-22(18)24-20)15-7-3-4-8-19(15)23-21/h1-12,23-24H. The first-order valence-corrected chi connectivity index (χ1v) is 8.21. The number of hydrogen-bond acceptors (Lipinski definition) is 0. The van der Waals surface area contributed by atoms with Crippen LogP contribution in [-0.2, 0) is 0 Å². The van der Waals surface area contributed by atoms with E-state index in [1.54, 1.807) is 0 Å². The third-order valence-corrected chi connectivity index (χ3v) is 5.09. The maximum absolute atomic E-state index is 3.60. The van der Waals surface area contributed by atoms with Gasteiger partial charge in [0, 0.05) is 43.6 Å². The van der Waals surface area contributed by atoms with Crippen molar-refractivity contribution in [1.29, 1.82) is 0 Å². The fourth-order valence-electron chi connectivity index (χ4n) is 3.94. The van der Waals surface area contributed by atoms with Gasteiger partial charge in [0.1, 0.15) is 0 Å². The molecule has 112 valence electrons. The highest BCUT2D eigenvalue weighted by Crippen LogP contribution is 2.34. The second-order valence-electron chi connectivity index (χ2n) is 6.48. The molecule has 0 atom stereocenters. The van der Waals surface area contributed by atoms with Gasteiger partial charge in [-0.1, -0.05) is 42.5 Å². The van der Waals surface area contributed by atoms with Crippen molar-refractivity contribution in [2.45, 2.75) is 0 Å². The summed E-state index contributed by atoms with van der Waals surface area (Å²) in [4.78, 5) is 7.15. The van der Waals surface area contributed by atoms with Gasteiger partial charge in [-0.15, -0.1) is 0 Å². The lowest BCUT2D eigenvalue weighted by Gasteiger charge is -1.98. The average molecular weight is 306 g/mol. The van der Waals surface area contributed by atoms with Gasteiger partial charge in [-0.25, -0.2) is 0 Å². The molecule has 0 radical (unpaired) electrons. The zero-order valence-corrected chi connectivity index (χ0v) is 12.9. The first-order valence-electron chi connectivity index (χ1n) is 8.21. The van der Waals surface area contributed by atoms with Gasteiger partial charge in [0.15, 0.2) is 0 Å². The molecule has 2 nitrogen and oxygen atoms in total. The maximum Gasteiger partial charge on any atom is 0.0472 e. The summed E-state index contributed by atoms with van der Waals surface area (Å²) in [5.74, 6) is 0. The minimum Gasteiger partial charge on any atom is -0.354 e. The highest BCUT2D eigenvalue weighted by Gasteiger charge is 2.10. The minimum absolute atomic E-state index is 1.19. The molecule has 6 aromatic rings. The molecule has 0 spiro atoms. The highest BCUT2D eigenvalue weighted by molar-refractivity contribution is 6.18. The Bertz CT molecular complexity index is 1390. The molecule has 0 unspecified atom stereocenters. The SMILES string of the molecule is c1ccc2cc3c(cc2c1)[nH]c1cc2c(cc13)[nH]c1ccccc12. The first kappa shape index (κ1) is 12.2. The fraction of sp³-hybridized carbons (Fsp3) is 0. The number of fused-ring (bicyclic) bond motifs is 7. The van der Waals surface area contributed by atoms with E-state index in [0.717, 1.165) is 0 Å². The minimum atomic E-state index is 1.19. The second-order valence-corrected chi connectivity index (χ2v) is 6.48. The van der Waals surface area contributed by atoms with E-state index in [0.29, 0.717) is 0 Å². The molecule has 0 aliphatic carbocycles. The van der Waals surface area contributed by atoms with Crippen LogP contribution in [0, 0.1) is 0 Å². The van der Waals surface area contributed by atoms with Crippen LogP contribution >= 0.6 is 0 Å². The van der Waals surface area contributed by atoms with Crippen LogP contribution in [0.4, 0.5) is 0 Å². The van der Waals surface area contributed by atoms with E-state index < -0.39 is 0 Å². The van der Waals surface area contributed by atoms with Crippen molar-refractivity contribution in [3.05, 3.63) is 72.8 Å². The smallest absolute Gasteiger partial charge is 0.0472 e. The molecule has 0 fully saturated rings. The number of nitrogens with one attached hydrogen (secondary N) is 2. The number of rotatable bonds is 0. The monoisotopic (exact) mass is 306 g/mol. The number of benzene rings is 4. The lowest BCUT2D eigenvalue weighted by atomic mass is 10.1. The molecule has 2 aromatic heterocycles. The molecule has 0 amide bonds. The number of aromatic amines is 2. The summed E-state index contributed by atoms with van der Waals surface area (Å²) >= 11 is 0. The first-order chi connectivity index (χ1) is 11.9. The summed E-state index contributed by atoms with van der Waals surface area (Å²) < 4.78 is 0. The van der Waals surface area contributed by atoms with Crippen LogP contribution in [0.1, 0.15) is 0 Å². The van der Waals surface area contributed by atoms with Crippen LogP contribution in [0.15, 0.2) is 72.8 Å². The lowest BCUT2D eigenvalue weighted by molar-refractivity contribution is 1.54. The lowest BCUT2D eigenvalue weighted by Crippen LogP contribution is -1.73. The number of H-pyrrole nitrogens is 2. The van der Waals surface area contributed by atoms with Crippen LogP contribution in [0.5, 0.6) is 0 Å². The molecule has 2 heteroatoms. The van der Waals surface area contributed by atoms with Gasteiger partial charge in [-0.3, -0.25) is 0 Å². The Morgan fingerprint density at radius 2 is 0.958 bits per heavy atom. The Morgan fingerprint density at radius 3 is 1.79 bits per heavy atom. The highest BCUT2D eigenvalue weighted by atomic mass is 14.7. The van der Waals surface area contributed by atoms with Gasteiger partial charge in [0.25, 0.3) is 0 Å². The van der Waals surface area contributed by atoms with Gasteiger partial charge >= 0.3 is 0 Å². The van der Waals surface area contributed by atoms with Crippen molar-refractivity contribution >= 4 is 54.4 Å². The average Bonchev–Trinajstić information content (AvgIpc) is 3.15. The van der Waals surface area contributed by atoms with E-state index in [9.17, 15) is 0 Å². The molecular weight excluding hydrogens is 292 g/mol. The van der Waals surface area contributed by atoms with Gasteiger partial charge in [0.2, 0.25) is 0 Å². The van der Waals surface area contributed by atoms with E-state index >= 15 is 0 Å². The van der Waals surface area contributed by atoms with E-state index in [-0.39, 0.29) is 0 Å². The zero-order chi connectivity index (χ0) is 15.7. The summed E-state index contributed by atoms with van der Waals surface area (Å²) in [7, 11) is 0. The molecule has 0 aliphatic heterocycles. The van der Waals surface area contributed by atoms with Crippen LogP contribution < -0.4 is 0 Å². The van der Waals surface area contributed by atoms with Crippen molar-refractivity contribution in [2.75, 3.05) is 0 Å². The van der Waals surface area contributed by atoms with Gasteiger partial charge in [0.05, 0.1) is 0 Å². The van der Waals surface area contributed by atoms with E-state index in [4.69, 9.17) is 0 Å². The summed E-state index contributed by atoms with van der Waals surface area (Å²) in [5, 5.41) is 7.65. The van der Waals surface area contributed by atoms with E-state index in [1.807, 2.05) is 0 Å². The largest absolute Gasteiger partial charge is 0.354 e. The van der Waals surface area contributed by atoms with Crippen molar-refractivity contribution < 1.29 is 0 Å². The molecule has 6 rings (SSSR count). The number of aromatic nitrogens is 2. The van der Waals surface area contributed by atoms with Gasteiger partial charge in [-0.2, -0.15) is 0 Å². The van der Waals surface area contributed by atoms with Crippen LogP contribution in [0.3, 0.4) is 0 Å². The molecule has 2 heterocycles. The third kappa shape index (κ3) is 1.50. The van der Waals surface area contributed by atoms with Crippen LogP contribution in [-0.4, -0.2) is 9.97 Å².